The van der Waals surface area contributed by atoms with Gasteiger partial charge in [-0.3, -0.25) is 14.5 Å². The lowest BCUT2D eigenvalue weighted by Gasteiger charge is -2.26. The number of hydrogen-bond acceptors (Lipinski definition) is 4. The van der Waals surface area contributed by atoms with Crippen molar-refractivity contribution in [2.75, 3.05) is 39.4 Å². The Balaban J connectivity index is 1.49. The number of carbonyl (C=O) groups is 2. The molecule has 6 nitrogen and oxygen atoms in total. The van der Waals surface area contributed by atoms with Crippen molar-refractivity contribution in [1.29, 1.82) is 0 Å². The van der Waals surface area contributed by atoms with Gasteiger partial charge in [0, 0.05) is 32.0 Å². The average Bonchev–Trinajstić information content (AvgIpc) is 3.27. The van der Waals surface area contributed by atoms with Gasteiger partial charge in [0.2, 0.25) is 11.8 Å². The smallest absolute Gasteiger partial charge is 0.242 e. The summed E-state index contributed by atoms with van der Waals surface area (Å²) in [5.41, 5.74) is 1.06. The molecule has 6 heteroatoms. The third-order valence-corrected chi connectivity index (χ3v) is 5.70. The second-order valence-electron chi connectivity index (χ2n) is 7.83. The summed E-state index contributed by atoms with van der Waals surface area (Å²) in [6.45, 7) is 5.09. The molecule has 2 aliphatic rings. The van der Waals surface area contributed by atoms with E-state index < -0.39 is 6.04 Å². The van der Waals surface area contributed by atoms with Crippen molar-refractivity contribution in [3.63, 3.8) is 0 Å². The number of ether oxygens (including phenoxy) is 1. The second kappa shape index (κ2) is 11.2. The van der Waals surface area contributed by atoms with Crippen LogP contribution in [0.25, 0.3) is 0 Å². The highest BCUT2D eigenvalue weighted by Gasteiger charge is 2.27. The van der Waals surface area contributed by atoms with Gasteiger partial charge in [-0.05, 0) is 31.4 Å². The molecule has 1 atom stereocenters. The first kappa shape index (κ1) is 20.8. The largest absolute Gasteiger partial charge is 0.379 e. The number of hydrogen-bond donors (Lipinski definition) is 2. The van der Waals surface area contributed by atoms with Crippen molar-refractivity contribution in [2.24, 2.45) is 5.92 Å². The van der Waals surface area contributed by atoms with Crippen LogP contribution in [0.15, 0.2) is 30.3 Å². The van der Waals surface area contributed by atoms with Gasteiger partial charge < -0.3 is 15.4 Å². The fourth-order valence-electron chi connectivity index (χ4n) is 4.00. The van der Waals surface area contributed by atoms with Crippen LogP contribution in [0.3, 0.4) is 0 Å². The van der Waals surface area contributed by atoms with E-state index in [9.17, 15) is 9.59 Å². The molecule has 1 aliphatic heterocycles. The van der Waals surface area contributed by atoms with Crippen LogP contribution in [0.1, 0.15) is 37.7 Å². The van der Waals surface area contributed by atoms with E-state index in [1.165, 1.54) is 0 Å². The topological polar surface area (TPSA) is 70.7 Å². The molecule has 2 amide bonds. The summed E-state index contributed by atoms with van der Waals surface area (Å²) in [7, 11) is 0. The van der Waals surface area contributed by atoms with Gasteiger partial charge in [0.25, 0.3) is 0 Å². The molecule has 0 aromatic heterocycles. The average molecular weight is 388 g/mol. The molecule has 1 heterocycles. The quantitative estimate of drug-likeness (QED) is 0.633. The number of nitrogens with zero attached hydrogens (tertiary/aromatic N) is 1. The lowest BCUT2D eigenvalue weighted by molar-refractivity contribution is -0.131. The predicted octanol–water partition coefficient (Wildman–Crippen LogP) is 1.74. The molecule has 2 N–H and O–H groups in total. The second-order valence-corrected chi connectivity index (χ2v) is 7.83. The van der Waals surface area contributed by atoms with Crippen molar-refractivity contribution >= 4 is 11.8 Å². The fourth-order valence-corrected chi connectivity index (χ4v) is 4.00. The molecular weight excluding hydrogens is 354 g/mol. The third kappa shape index (κ3) is 6.60. The molecule has 0 radical (unpaired) electrons. The number of rotatable bonds is 9. The van der Waals surface area contributed by atoms with Crippen LogP contribution in [0, 0.1) is 5.92 Å². The zero-order valence-corrected chi connectivity index (χ0v) is 16.7. The molecule has 1 aliphatic carbocycles. The van der Waals surface area contributed by atoms with Gasteiger partial charge in [-0.25, -0.2) is 0 Å². The molecule has 3 rings (SSSR count). The molecule has 0 bridgehead atoms. The number of amides is 2. The van der Waals surface area contributed by atoms with Gasteiger partial charge in [0.15, 0.2) is 0 Å². The summed E-state index contributed by atoms with van der Waals surface area (Å²) < 4.78 is 5.36. The van der Waals surface area contributed by atoms with E-state index >= 15 is 0 Å². The van der Waals surface area contributed by atoms with E-state index in [-0.39, 0.29) is 17.7 Å². The minimum atomic E-state index is -0.515. The van der Waals surface area contributed by atoms with E-state index in [0.717, 1.165) is 70.5 Å². The Morgan fingerprint density at radius 2 is 1.82 bits per heavy atom. The van der Waals surface area contributed by atoms with Crippen molar-refractivity contribution in [1.82, 2.24) is 15.5 Å². The van der Waals surface area contributed by atoms with Crippen LogP contribution in [-0.4, -0.2) is 62.1 Å². The Hall–Kier alpha value is -1.92. The Morgan fingerprint density at radius 1 is 1.11 bits per heavy atom. The van der Waals surface area contributed by atoms with Crippen molar-refractivity contribution in [3.05, 3.63) is 35.9 Å². The predicted molar refractivity (Wildman–Crippen MR) is 109 cm³/mol. The molecule has 1 aromatic rings. The van der Waals surface area contributed by atoms with Crippen molar-refractivity contribution in [2.45, 2.75) is 44.6 Å². The molecule has 154 valence electrons. The van der Waals surface area contributed by atoms with E-state index in [0.29, 0.717) is 13.0 Å². The zero-order valence-electron chi connectivity index (χ0n) is 16.7. The van der Waals surface area contributed by atoms with Crippen molar-refractivity contribution in [3.8, 4) is 0 Å². The van der Waals surface area contributed by atoms with Crippen LogP contribution in [0.4, 0.5) is 0 Å². The van der Waals surface area contributed by atoms with Crippen LogP contribution in [-0.2, 0) is 20.7 Å². The Labute approximate surface area is 168 Å². The number of nitrogens with one attached hydrogen (secondary N) is 2. The Bertz CT molecular complexity index is 611. The maximum absolute atomic E-state index is 12.8. The zero-order chi connectivity index (χ0) is 19.6. The highest BCUT2D eigenvalue weighted by atomic mass is 16.5. The normalized spacial score (nSPS) is 19.3. The van der Waals surface area contributed by atoms with E-state index in [1.54, 1.807) is 0 Å². The van der Waals surface area contributed by atoms with Crippen LogP contribution >= 0.6 is 0 Å². The molecule has 1 unspecified atom stereocenters. The summed E-state index contributed by atoms with van der Waals surface area (Å²) in [6.07, 6.45) is 5.51. The summed E-state index contributed by atoms with van der Waals surface area (Å²) in [5, 5.41) is 6.05. The van der Waals surface area contributed by atoms with Gasteiger partial charge in [-0.2, -0.15) is 0 Å². The monoisotopic (exact) mass is 387 g/mol. The summed E-state index contributed by atoms with van der Waals surface area (Å²) >= 11 is 0. The highest BCUT2D eigenvalue weighted by molar-refractivity contribution is 5.88. The molecule has 1 saturated heterocycles. The summed E-state index contributed by atoms with van der Waals surface area (Å²) in [5.74, 6) is 0.00599. The molecule has 28 heavy (non-hydrogen) atoms. The first-order valence-electron chi connectivity index (χ1n) is 10.6. The minimum absolute atomic E-state index is 0.0295. The van der Waals surface area contributed by atoms with Gasteiger partial charge in [-0.1, -0.05) is 43.2 Å². The number of benzene rings is 1. The van der Waals surface area contributed by atoms with Gasteiger partial charge in [0.05, 0.1) is 13.2 Å². The third-order valence-electron chi connectivity index (χ3n) is 5.70. The van der Waals surface area contributed by atoms with E-state index in [2.05, 4.69) is 15.5 Å². The fraction of sp³-hybridized carbons (Fsp3) is 0.636. The summed E-state index contributed by atoms with van der Waals surface area (Å²) in [6, 6.07) is 9.37. The molecule has 2 fully saturated rings. The SMILES string of the molecule is O=C(NC(Cc1ccccc1)C(=O)NCCCN1CCOCC1)C1CCCC1. The minimum Gasteiger partial charge on any atom is -0.379 e. The van der Waals surface area contributed by atoms with Crippen LogP contribution < -0.4 is 10.6 Å². The first-order chi connectivity index (χ1) is 13.7. The maximum Gasteiger partial charge on any atom is 0.242 e. The number of carbonyl (C=O) groups excluding carboxylic acids is 2. The van der Waals surface area contributed by atoms with Gasteiger partial charge in [0.1, 0.15) is 6.04 Å². The Kier molecular flexibility index (Phi) is 8.30. The lowest BCUT2D eigenvalue weighted by atomic mass is 10.0. The summed E-state index contributed by atoms with van der Waals surface area (Å²) in [4.78, 5) is 27.7. The maximum atomic E-state index is 12.8. The first-order valence-corrected chi connectivity index (χ1v) is 10.6. The molecule has 0 spiro atoms. The highest BCUT2D eigenvalue weighted by Crippen LogP contribution is 2.24. The molecule has 1 saturated carbocycles. The molecule has 1 aromatic carbocycles. The van der Waals surface area contributed by atoms with E-state index in [4.69, 9.17) is 4.74 Å². The molecular formula is C22H33N3O3. The standard InChI is InChI=1S/C22H33N3O3/c26-21(19-9-4-5-10-19)24-20(17-18-7-2-1-3-8-18)22(27)23-11-6-12-25-13-15-28-16-14-25/h1-3,7-8,19-20H,4-6,9-17H2,(H,23,27)(H,24,26). The van der Waals surface area contributed by atoms with Crippen LogP contribution in [0.5, 0.6) is 0 Å². The van der Waals surface area contributed by atoms with Crippen LogP contribution in [0.2, 0.25) is 0 Å². The Morgan fingerprint density at radius 3 is 2.54 bits per heavy atom. The van der Waals surface area contributed by atoms with Gasteiger partial charge >= 0.3 is 0 Å². The van der Waals surface area contributed by atoms with Crippen molar-refractivity contribution < 1.29 is 14.3 Å². The van der Waals surface area contributed by atoms with E-state index in [1.807, 2.05) is 30.3 Å². The lowest BCUT2D eigenvalue weighted by Crippen LogP contribution is -2.49. The van der Waals surface area contributed by atoms with Gasteiger partial charge in [-0.15, -0.1) is 0 Å². The number of morpholine rings is 1.